The highest BCUT2D eigenvalue weighted by Crippen LogP contribution is 2.27. The Morgan fingerprint density at radius 2 is 1.91 bits per heavy atom. The Morgan fingerprint density at radius 3 is 2.57 bits per heavy atom. The van der Waals surface area contributed by atoms with Crippen molar-refractivity contribution in [1.82, 2.24) is 0 Å². The molecule has 2 N–H and O–H groups in total. The van der Waals surface area contributed by atoms with E-state index in [0.717, 1.165) is 24.3 Å². The largest absolute Gasteiger partial charge is 0.506 e. The number of carbonyl (C=O) groups is 1. The first-order valence-corrected chi connectivity index (χ1v) is 8.08. The maximum Gasteiger partial charge on any atom is 0.255 e. The van der Waals surface area contributed by atoms with Gasteiger partial charge in [0.25, 0.3) is 5.91 Å². The molecule has 4 nitrogen and oxygen atoms in total. The number of aromatic hydroxyl groups is 1. The first kappa shape index (κ1) is 15.7. The third-order valence-corrected chi connectivity index (χ3v) is 4.44. The van der Waals surface area contributed by atoms with Gasteiger partial charge in [-0.15, -0.1) is 0 Å². The fraction of sp³-hybridized carbons (Fsp3) is 0.278. The number of carbonyl (C=O) groups excluding carboxylic acids is 1. The molecular weight excluding hydrogens is 312 g/mol. The molecule has 1 aliphatic rings. The first-order chi connectivity index (χ1) is 11.0. The fourth-order valence-corrected chi connectivity index (χ4v) is 2.98. The zero-order valence-corrected chi connectivity index (χ0v) is 13.7. The van der Waals surface area contributed by atoms with Crippen molar-refractivity contribution in [1.29, 1.82) is 0 Å². The Labute approximate surface area is 140 Å². The average molecular weight is 331 g/mol. The van der Waals surface area contributed by atoms with Crippen LogP contribution in [0.2, 0.25) is 5.02 Å². The number of amides is 1. The summed E-state index contributed by atoms with van der Waals surface area (Å²) in [5.41, 5.74) is 3.41. The number of hydrogen-bond donors (Lipinski definition) is 2. The van der Waals surface area contributed by atoms with Crippen LogP contribution in [0.25, 0.3) is 0 Å². The van der Waals surface area contributed by atoms with E-state index in [4.69, 9.17) is 11.6 Å². The Balaban J connectivity index is 1.76. The van der Waals surface area contributed by atoms with Gasteiger partial charge in [-0.25, -0.2) is 0 Å². The number of nitrogens with zero attached hydrogens (tertiary/aromatic N) is 1. The molecular formula is C18H19ClN2O2. The van der Waals surface area contributed by atoms with Crippen LogP contribution in [0.5, 0.6) is 5.75 Å². The molecule has 2 aromatic carbocycles. The maximum absolute atomic E-state index is 12.3. The third-order valence-electron chi connectivity index (χ3n) is 4.14. The molecule has 0 atom stereocenters. The topological polar surface area (TPSA) is 52.6 Å². The monoisotopic (exact) mass is 330 g/mol. The van der Waals surface area contributed by atoms with E-state index in [9.17, 15) is 9.90 Å². The maximum atomic E-state index is 12.3. The van der Waals surface area contributed by atoms with Gasteiger partial charge < -0.3 is 15.3 Å². The van der Waals surface area contributed by atoms with Gasteiger partial charge in [-0.05, 0) is 61.7 Å². The van der Waals surface area contributed by atoms with E-state index >= 15 is 0 Å². The lowest BCUT2D eigenvalue weighted by Crippen LogP contribution is -2.18. The number of rotatable bonds is 3. The van der Waals surface area contributed by atoms with Gasteiger partial charge in [0.1, 0.15) is 5.75 Å². The van der Waals surface area contributed by atoms with Crippen LogP contribution in [0.15, 0.2) is 36.4 Å². The Morgan fingerprint density at radius 1 is 1.17 bits per heavy atom. The van der Waals surface area contributed by atoms with Gasteiger partial charge in [-0.3, -0.25) is 4.79 Å². The molecule has 0 bridgehead atoms. The van der Waals surface area contributed by atoms with E-state index in [-0.39, 0.29) is 16.7 Å². The van der Waals surface area contributed by atoms with Crippen molar-refractivity contribution in [3.63, 3.8) is 0 Å². The third kappa shape index (κ3) is 3.42. The van der Waals surface area contributed by atoms with E-state index in [1.165, 1.54) is 30.7 Å². The molecule has 2 aromatic rings. The molecule has 1 fully saturated rings. The smallest absolute Gasteiger partial charge is 0.255 e. The van der Waals surface area contributed by atoms with Crippen LogP contribution >= 0.6 is 11.6 Å². The zero-order valence-electron chi connectivity index (χ0n) is 13.0. The number of halogens is 1. The van der Waals surface area contributed by atoms with Crippen molar-refractivity contribution in [2.45, 2.75) is 19.8 Å². The number of benzene rings is 2. The lowest BCUT2D eigenvalue weighted by atomic mass is 10.1. The minimum atomic E-state index is -0.246. The van der Waals surface area contributed by atoms with Gasteiger partial charge in [0.2, 0.25) is 0 Å². The predicted molar refractivity (Wildman–Crippen MR) is 93.7 cm³/mol. The number of phenolic OH excluding ortho intramolecular Hbond substituents is 1. The summed E-state index contributed by atoms with van der Waals surface area (Å²) in [4.78, 5) is 14.7. The lowest BCUT2D eigenvalue weighted by molar-refractivity contribution is 0.102. The minimum absolute atomic E-state index is 0.0330. The van der Waals surface area contributed by atoms with Gasteiger partial charge in [0.15, 0.2) is 0 Å². The molecule has 5 heteroatoms. The molecule has 0 aromatic heterocycles. The van der Waals surface area contributed by atoms with Crippen molar-refractivity contribution in [3.05, 3.63) is 52.5 Å². The van der Waals surface area contributed by atoms with E-state index in [1.54, 1.807) is 6.07 Å². The second-order valence-corrected chi connectivity index (χ2v) is 6.22. The van der Waals surface area contributed by atoms with Crippen LogP contribution in [0.1, 0.15) is 28.8 Å². The summed E-state index contributed by atoms with van der Waals surface area (Å²) in [6.07, 6.45) is 2.47. The van der Waals surface area contributed by atoms with Gasteiger partial charge in [-0.1, -0.05) is 11.6 Å². The molecule has 1 heterocycles. The zero-order chi connectivity index (χ0) is 16.4. The molecule has 23 heavy (non-hydrogen) atoms. The molecule has 0 unspecified atom stereocenters. The van der Waals surface area contributed by atoms with Gasteiger partial charge in [0.05, 0.1) is 5.02 Å². The van der Waals surface area contributed by atoms with Crippen LogP contribution in [-0.2, 0) is 0 Å². The molecule has 3 rings (SSSR count). The Hall–Kier alpha value is -2.20. The summed E-state index contributed by atoms with van der Waals surface area (Å²) in [5.74, 6) is -0.279. The van der Waals surface area contributed by atoms with E-state index < -0.39 is 0 Å². The molecule has 0 saturated carbocycles. The van der Waals surface area contributed by atoms with Crippen molar-refractivity contribution < 1.29 is 9.90 Å². The van der Waals surface area contributed by atoms with Crippen LogP contribution in [-0.4, -0.2) is 24.1 Å². The number of aryl methyl sites for hydroxylation is 1. The number of nitrogens with one attached hydrogen (secondary N) is 1. The summed E-state index contributed by atoms with van der Waals surface area (Å²) in [6.45, 7) is 4.17. The average Bonchev–Trinajstić information content (AvgIpc) is 3.06. The Kier molecular flexibility index (Phi) is 4.44. The van der Waals surface area contributed by atoms with Crippen LogP contribution in [0.4, 0.5) is 11.4 Å². The second kappa shape index (κ2) is 6.50. The summed E-state index contributed by atoms with van der Waals surface area (Å²) in [7, 11) is 0. The van der Waals surface area contributed by atoms with Crippen molar-refractivity contribution in [2.24, 2.45) is 0 Å². The molecule has 0 radical (unpaired) electrons. The van der Waals surface area contributed by atoms with Gasteiger partial charge >= 0.3 is 0 Å². The summed E-state index contributed by atoms with van der Waals surface area (Å²) < 4.78 is 0. The molecule has 1 amide bonds. The number of hydrogen-bond acceptors (Lipinski definition) is 3. The van der Waals surface area contributed by atoms with E-state index in [1.807, 2.05) is 19.1 Å². The van der Waals surface area contributed by atoms with Gasteiger partial charge in [-0.2, -0.15) is 0 Å². The second-order valence-electron chi connectivity index (χ2n) is 5.81. The lowest BCUT2D eigenvalue weighted by Gasteiger charge is -2.19. The Bertz CT molecular complexity index is 740. The highest BCUT2D eigenvalue weighted by atomic mass is 35.5. The molecule has 120 valence electrons. The van der Waals surface area contributed by atoms with Crippen molar-refractivity contribution in [2.75, 3.05) is 23.3 Å². The van der Waals surface area contributed by atoms with E-state index in [2.05, 4.69) is 16.3 Å². The molecule has 1 saturated heterocycles. The normalized spacial score (nSPS) is 14.1. The van der Waals surface area contributed by atoms with Crippen molar-refractivity contribution >= 4 is 28.9 Å². The summed E-state index contributed by atoms with van der Waals surface area (Å²) in [6, 6.07) is 10.5. The standard InChI is InChI=1S/C18H19ClN2O2/c1-12-10-14(21-8-2-3-9-21)5-6-16(12)20-18(23)13-4-7-17(22)15(19)11-13/h4-7,10-11,22H,2-3,8-9H2,1H3,(H,20,23). The van der Waals surface area contributed by atoms with Crippen LogP contribution in [0.3, 0.4) is 0 Å². The van der Waals surface area contributed by atoms with Crippen LogP contribution in [0, 0.1) is 6.92 Å². The highest BCUT2D eigenvalue weighted by molar-refractivity contribution is 6.32. The fourth-order valence-electron chi connectivity index (χ4n) is 2.80. The minimum Gasteiger partial charge on any atom is -0.506 e. The van der Waals surface area contributed by atoms with Gasteiger partial charge in [0, 0.05) is 30.0 Å². The van der Waals surface area contributed by atoms with E-state index in [0.29, 0.717) is 5.56 Å². The molecule has 0 spiro atoms. The predicted octanol–water partition coefficient (Wildman–Crippen LogP) is 4.21. The number of anilines is 2. The van der Waals surface area contributed by atoms with Crippen molar-refractivity contribution in [3.8, 4) is 5.75 Å². The highest BCUT2D eigenvalue weighted by Gasteiger charge is 2.14. The summed E-state index contributed by atoms with van der Waals surface area (Å²) >= 11 is 5.85. The summed E-state index contributed by atoms with van der Waals surface area (Å²) in [5, 5.41) is 12.5. The molecule has 1 aliphatic heterocycles. The number of phenols is 1. The van der Waals surface area contributed by atoms with Crippen LogP contribution < -0.4 is 10.2 Å². The molecule has 0 aliphatic carbocycles. The quantitative estimate of drug-likeness (QED) is 0.886. The SMILES string of the molecule is Cc1cc(N2CCCC2)ccc1NC(=O)c1ccc(O)c(Cl)c1. The first-order valence-electron chi connectivity index (χ1n) is 7.70.